The Hall–Kier alpha value is 0.177. The number of hydrogen-bond acceptors (Lipinski definition) is 1. The fraction of sp³-hybridized carbons (Fsp3) is 1.00. The summed E-state index contributed by atoms with van der Waals surface area (Å²) in [7, 11) is -1.26. The molecule has 2 saturated carbocycles. The Bertz CT molecular complexity index is 173. The van der Waals surface area contributed by atoms with Crippen LogP contribution >= 0.6 is 0 Å². The maximum atomic E-state index is 6.17. The molecular formula is C10H20OSi. The number of hydrogen-bond donors (Lipinski definition) is 0. The summed E-state index contributed by atoms with van der Waals surface area (Å²) in [6, 6.07) is 0. The highest BCUT2D eigenvalue weighted by Gasteiger charge is 2.41. The molecule has 0 aliphatic heterocycles. The van der Waals surface area contributed by atoms with Gasteiger partial charge in [-0.15, -0.1) is 0 Å². The SMILES string of the molecule is C[Si](C)(C)O[C@@H]1C[C@H]2CC[C@@H]1C2. The average molecular weight is 184 g/mol. The van der Waals surface area contributed by atoms with Crippen molar-refractivity contribution in [2.45, 2.75) is 51.4 Å². The topological polar surface area (TPSA) is 9.23 Å². The van der Waals surface area contributed by atoms with Crippen molar-refractivity contribution in [3.8, 4) is 0 Å². The molecule has 0 aromatic rings. The zero-order chi connectivity index (χ0) is 8.77. The largest absolute Gasteiger partial charge is 0.414 e. The van der Waals surface area contributed by atoms with Gasteiger partial charge in [-0.05, 0) is 57.2 Å². The fourth-order valence-corrected chi connectivity index (χ4v) is 3.98. The summed E-state index contributed by atoms with van der Waals surface area (Å²) >= 11 is 0. The molecular weight excluding hydrogens is 164 g/mol. The van der Waals surface area contributed by atoms with E-state index in [1.54, 1.807) is 0 Å². The zero-order valence-corrected chi connectivity index (χ0v) is 9.47. The molecule has 0 spiro atoms. The molecule has 0 saturated heterocycles. The van der Waals surface area contributed by atoms with Crippen molar-refractivity contribution in [2.75, 3.05) is 0 Å². The summed E-state index contributed by atoms with van der Waals surface area (Å²) in [6.07, 6.45) is 6.41. The molecule has 0 N–H and O–H groups in total. The second-order valence-corrected chi connectivity index (χ2v) is 9.90. The highest BCUT2D eigenvalue weighted by molar-refractivity contribution is 6.69. The Morgan fingerprint density at radius 1 is 1.08 bits per heavy atom. The maximum Gasteiger partial charge on any atom is 0.184 e. The van der Waals surface area contributed by atoms with Crippen LogP contribution in [0.2, 0.25) is 19.6 Å². The lowest BCUT2D eigenvalue weighted by Crippen LogP contribution is -2.34. The molecule has 0 amide bonds. The Labute approximate surface area is 76.6 Å². The fourth-order valence-electron chi connectivity index (χ4n) is 2.78. The second-order valence-electron chi connectivity index (χ2n) is 5.44. The van der Waals surface area contributed by atoms with Gasteiger partial charge in [0.2, 0.25) is 0 Å². The van der Waals surface area contributed by atoms with Crippen LogP contribution in [0.15, 0.2) is 0 Å². The Balaban J connectivity index is 1.91. The monoisotopic (exact) mass is 184 g/mol. The number of rotatable bonds is 2. The molecule has 2 aliphatic carbocycles. The van der Waals surface area contributed by atoms with E-state index >= 15 is 0 Å². The summed E-state index contributed by atoms with van der Waals surface area (Å²) in [4.78, 5) is 0. The first-order valence-corrected chi connectivity index (χ1v) is 8.63. The molecule has 0 unspecified atom stereocenters. The molecule has 0 heterocycles. The lowest BCUT2D eigenvalue weighted by Gasteiger charge is -2.29. The van der Waals surface area contributed by atoms with E-state index in [9.17, 15) is 0 Å². The van der Waals surface area contributed by atoms with Crippen molar-refractivity contribution in [3.63, 3.8) is 0 Å². The third kappa shape index (κ3) is 1.74. The van der Waals surface area contributed by atoms with E-state index in [0.717, 1.165) is 11.8 Å². The first-order valence-electron chi connectivity index (χ1n) is 5.22. The van der Waals surface area contributed by atoms with Gasteiger partial charge in [-0.2, -0.15) is 0 Å². The molecule has 1 nitrogen and oxygen atoms in total. The molecule has 3 atom stereocenters. The van der Waals surface area contributed by atoms with E-state index < -0.39 is 8.32 Å². The Morgan fingerprint density at radius 2 is 1.83 bits per heavy atom. The predicted octanol–water partition coefficient (Wildman–Crippen LogP) is 3.03. The lowest BCUT2D eigenvalue weighted by atomic mass is 9.98. The summed E-state index contributed by atoms with van der Waals surface area (Å²) in [5.74, 6) is 1.96. The molecule has 2 heteroatoms. The van der Waals surface area contributed by atoms with Gasteiger partial charge in [0, 0.05) is 6.10 Å². The highest BCUT2D eigenvalue weighted by Crippen LogP contribution is 2.46. The summed E-state index contributed by atoms with van der Waals surface area (Å²) in [6.45, 7) is 6.91. The normalized spacial score (nSPS) is 40.8. The van der Waals surface area contributed by atoms with Gasteiger partial charge < -0.3 is 4.43 Å². The molecule has 70 valence electrons. The van der Waals surface area contributed by atoms with Crippen molar-refractivity contribution in [1.29, 1.82) is 0 Å². The molecule has 2 rings (SSSR count). The van der Waals surface area contributed by atoms with E-state index in [0.29, 0.717) is 6.10 Å². The van der Waals surface area contributed by atoms with Gasteiger partial charge in [0.05, 0.1) is 0 Å². The van der Waals surface area contributed by atoms with E-state index in [1.165, 1.54) is 25.7 Å². The summed E-state index contributed by atoms with van der Waals surface area (Å²) in [5, 5.41) is 0. The van der Waals surface area contributed by atoms with Crippen molar-refractivity contribution >= 4 is 8.32 Å². The number of fused-ring (bicyclic) bond motifs is 2. The van der Waals surface area contributed by atoms with Crippen LogP contribution in [0.5, 0.6) is 0 Å². The van der Waals surface area contributed by atoms with Crippen molar-refractivity contribution in [3.05, 3.63) is 0 Å². The first kappa shape index (κ1) is 8.76. The average Bonchev–Trinajstić information content (AvgIpc) is 2.42. The molecule has 12 heavy (non-hydrogen) atoms. The van der Waals surface area contributed by atoms with Gasteiger partial charge in [-0.25, -0.2) is 0 Å². The van der Waals surface area contributed by atoms with Crippen molar-refractivity contribution < 1.29 is 4.43 Å². The van der Waals surface area contributed by atoms with Crippen molar-refractivity contribution in [2.24, 2.45) is 11.8 Å². The van der Waals surface area contributed by atoms with Crippen molar-refractivity contribution in [1.82, 2.24) is 0 Å². The third-order valence-electron chi connectivity index (χ3n) is 3.18. The van der Waals surface area contributed by atoms with Crippen LogP contribution < -0.4 is 0 Å². The van der Waals surface area contributed by atoms with Gasteiger partial charge >= 0.3 is 0 Å². The van der Waals surface area contributed by atoms with Gasteiger partial charge in [0.25, 0.3) is 0 Å². The van der Waals surface area contributed by atoms with Crippen LogP contribution in [0, 0.1) is 11.8 Å². The standard InChI is InChI=1S/C10H20OSi/c1-12(2,3)11-10-7-8-4-5-9(10)6-8/h8-10H,4-7H2,1-3H3/t8-,9+,10+/m0/s1. The second kappa shape index (κ2) is 2.84. The summed E-state index contributed by atoms with van der Waals surface area (Å²) < 4.78 is 6.17. The quantitative estimate of drug-likeness (QED) is 0.599. The van der Waals surface area contributed by atoms with Crippen LogP contribution in [0.3, 0.4) is 0 Å². The molecule has 2 bridgehead atoms. The molecule has 0 radical (unpaired) electrons. The van der Waals surface area contributed by atoms with Crippen LogP contribution in [-0.2, 0) is 4.43 Å². The lowest BCUT2D eigenvalue weighted by molar-refractivity contribution is 0.131. The van der Waals surface area contributed by atoms with Gasteiger partial charge in [0.1, 0.15) is 0 Å². The predicted molar refractivity (Wildman–Crippen MR) is 53.7 cm³/mol. The Morgan fingerprint density at radius 3 is 2.25 bits per heavy atom. The van der Waals surface area contributed by atoms with E-state index in [1.807, 2.05) is 0 Å². The van der Waals surface area contributed by atoms with Crippen LogP contribution in [0.1, 0.15) is 25.7 Å². The third-order valence-corrected chi connectivity index (χ3v) is 4.19. The van der Waals surface area contributed by atoms with E-state index in [4.69, 9.17) is 4.43 Å². The highest BCUT2D eigenvalue weighted by atomic mass is 28.4. The minimum Gasteiger partial charge on any atom is -0.414 e. The maximum absolute atomic E-state index is 6.17. The molecule has 2 fully saturated rings. The van der Waals surface area contributed by atoms with Crippen LogP contribution in [0.4, 0.5) is 0 Å². The van der Waals surface area contributed by atoms with Gasteiger partial charge in [-0.1, -0.05) is 0 Å². The minimum absolute atomic E-state index is 0.649. The minimum atomic E-state index is -1.26. The van der Waals surface area contributed by atoms with Crippen LogP contribution in [0.25, 0.3) is 0 Å². The summed E-state index contributed by atoms with van der Waals surface area (Å²) in [5.41, 5.74) is 0. The molecule has 0 aromatic carbocycles. The zero-order valence-electron chi connectivity index (χ0n) is 8.47. The molecule has 0 aromatic heterocycles. The van der Waals surface area contributed by atoms with Gasteiger partial charge in [-0.3, -0.25) is 0 Å². The first-order chi connectivity index (χ1) is 5.54. The van der Waals surface area contributed by atoms with Crippen LogP contribution in [-0.4, -0.2) is 14.4 Å². The van der Waals surface area contributed by atoms with E-state index in [-0.39, 0.29) is 0 Å². The van der Waals surface area contributed by atoms with E-state index in [2.05, 4.69) is 19.6 Å². The Kier molecular flexibility index (Phi) is 2.08. The smallest absolute Gasteiger partial charge is 0.184 e. The molecule has 2 aliphatic rings. The van der Waals surface area contributed by atoms with Gasteiger partial charge in [0.15, 0.2) is 8.32 Å².